The summed E-state index contributed by atoms with van der Waals surface area (Å²) in [6, 6.07) is -0.312. The van der Waals surface area contributed by atoms with Crippen LogP contribution >= 0.6 is 0 Å². The van der Waals surface area contributed by atoms with E-state index in [2.05, 4.69) is 5.32 Å². The van der Waals surface area contributed by atoms with Gasteiger partial charge >= 0.3 is 11.9 Å². The van der Waals surface area contributed by atoms with Crippen LogP contribution in [0.15, 0.2) is 0 Å². The van der Waals surface area contributed by atoms with Crippen molar-refractivity contribution in [2.45, 2.75) is 44.2 Å². The average molecular weight is 227 g/mol. The van der Waals surface area contributed by atoms with Gasteiger partial charge < -0.3 is 14.8 Å². The molecule has 2 rings (SSSR count). The summed E-state index contributed by atoms with van der Waals surface area (Å²) in [5.41, 5.74) is 0. The van der Waals surface area contributed by atoms with E-state index < -0.39 is 18.0 Å². The number of carbonyl (C=O) groups is 2. The number of nitrogens with one attached hydrogen (secondary N) is 1. The second kappa shape index (κ2) is 5.41. The third kappa shape index (κ3) is 2.80. The molecule has 2 heterocycles. The van der Waals surface area contributed by atoms with Crippen LogP contribution < -0.4 is 5.32 Å². The largest absolute Gasteiger partial charge is 0.390 e. The van der Waals surface area contributed by atoms with Crippen molar-refractivity contribution in [2.75, 3.05) is 13.2 Å². The Morgan fingerprint density at radius 1 is 1.12 bits per heavy atom. The number of rotatable bonds is 2. The molecule has 0 aromatic heterocycles. The van der Waals surface area contributed by atoms with Crippen LogP contribution in [-0.4, -0.2) is 37.2 Å². The Hall–Kier alpha value is -0.940. The van der Waals surface area contributed by atoms with Gasteiger partial charge in [-0.15, -0.1) is 0 Å². The smallest absolute Gasteiger partial charge is 0.342 e. The van der Waals surface area contributed by atoms with Crippen LogP contribution in [0.1, 0.15) is 32.1 Å². The lowest BCUT2D eigenvalue weighted by molar-refractivity contribution is -0.171. The molecule has 0 aromatic rings. The van der Waals surface area contributed by atoms with Gasteiger partial charge in [0.1, 0.15) is 6.04 Å². The second-order valence-corrected chi connectivity index (χ2v) is 4.24. The molecule has 90 valence electrons. The average Bonchev–Trinajstić information content (AvgIpc) is 2.83. The Morgan fingerprint density at radius 3 is 2.62 bits per heavy atom. The Balaban J connectivity index is 1.79. The van der Waals surface area contributed by atoms with E-state index in [1.165, 1.54) is 0 Å². The van der Waals surface area contributed by atoms with E-state index in [9.17, 15) is 9.59 Å². The van der Waals surface area contributed by atoms with E-state index in [0.717, 1.165) is 32.2 Å². The first-order valence-corrected chi connectivity index (χ1v) is 5.88. The zero-order valence-corrected chi connectivity index (χ0v) is 9.24. The van der Waals surface area contributed by atoms with Gasteiger partial charge in [0, 0.05) is 6.61 Å². The van der Waals surface area contributed by atoms with E-state index in [4.69, 9.17) is 9.47 Å². The van der Waals surface area contributed by atoms with Gasteiger partial charge in [-0.05, 0) is 38.6 Å². The van der Waals surface area contributed by atoms with Crippen LogP contribution in [0.4, 0.5) is 0 Å². The molecular formula is C11H17NO4. The summed E-state index contributed by atoms with van der Waals surface area (Å²) in [6.45, 7) is 1.39. The van der Waals surface area contributed by atoms with E-state index in [0.29, 0.717) is 13.0 Å². The zero-order valence-electron chi connectivity index (χ0n) is 9.24. The second-order valence-electron chi connectivity index (χ2n) is 4.24. The molecule has 2 aliphatic rings. The third-order valence-corrected chi connectivity index (χ3v) is 2.99. The van der Waals surface area contributed by atoms with Crippen molar-refractivity contribution in [3.05, 3.63) is 0 Å². The fourth-order valence-electron chi connectivity index (χ4n) is 2.05. The highest BCUT2D eigenvalue weighted by Crippen LogP contribution is 2.15. The van der Waals surface area contributed by atoms with Crippen LogP contribution in [-0.2, 0) is 19.1 Å². The molecular weight excluding hydrogens is 210 g/mol. The van der Waals surface area contributed by atoms with Gasteiger partial charge in [0.15, 0.2) is 6.10 Å². The molecule has 0 aliphatic carbocycles. The van der Waals surface area contributed by atoms with Gasteiger partial charge in [-0.3, -0.25) is 0 Å². The Labute approximate surface area is 94.5 Å². The summed E-state index contributed by atoms with van der Waals surface area (Å²) >= 11 is 0. The van der Waals surface area contributed by atoms with E-state index in [1.54, 1.807) is 0 Å². The molecule has 2 aliphatic heterocycles. The molecule has 1 unspecified atom stereocenters. The first-order valence-electron chi connectivity index (χ1n) is 5.88. The molecule has 5 heteroatoms. The van der Waals surface area contributed by atoms with E-state index in [1.807, 2.05) is 0 Å². The van der Waals surface area contributed by atoms with Gasteiger partial charge in [-0.2, -0.15) is 0 Å². The number of hydrogen-bond donors (Lipinski definition) is 1. The van der Waals surface area contributed by atoms with Crippen LogP contribution in [0, 0.1) is 0 Å². The third-order valence-electron chi connectivity index (χ3n) is 2.99. The van der Waals surface area contributed by atoms with Gasteiger partial charge in [0.25, 0.3) is 0 Å². The lowest BCUT2D eigenvalue weighted by atomic mass is 10.1. The minimum absolute atomic E-state index is 0.312. The topological polar surface area (TPSA) is 64.6 Å². The van der Waals surface area contributed by atoms with Crippen LogP contribution in [0.25, 0.3) is 0 Å². The van der Waals surface area contributed by atoms with Crippen molar-refractivity contribution in [2.24, 2.45) is 0 Å². The Kier molecular flexibility index (Phi) is 3.90. The SMILES string of the molecule is O=C(OC(=O)[C@H]1CCCCO1)C1CCCN1. The number of ether oxygens (including phenoxy) is 2. The first kappa shape index (κ1) is 11.5. The highest BCUT2D eigenvalue weighted by atomic mass is 16.6. The van der Waals surface area contributed by atoms with Crippen LogP contribution in [0.2, 0.25) is 0 Å². The standard InChI is InChI=1S/C11H17NO4/c13-10(8-4-3-6-12-8)16-11(14)9-5-1-2-7-15-9/h8-9,12H,1-7H2/t8?,9-/m1/s1. The fourth-order valence-corrected chi connectivity index (χ4v) is 2.05. The monoisotopic (exact) mass is 227 g/mol. The highest BCUT2D eigenvalue weighted by Gasteiger charge is 2.30. The minimum atomic E-state index is -0.542. The first-order chi connectivity index (χ1) is 7.77. The van der Waals surface area contributed by atoms with Crippen molar-refractivity contribution in [1.82, 2.24) is 5.32 Å². The normalized spacial score (nSPS) is 30.0. The quantitative estimate of drug-likeness (QED) is 0.545. The molecule has 0 saturated carbocycles. The summed E-state index contributed by atoms with van der Waals surface area (Å²) in [5.74, 6) is -0.991. The number of hydrogen-bond acceptors (Lipinski definition) is 5. The molecule has 0 aromatic carbocycles. The Morgan fingerprint density at radius 2 is 2.00 bits per heavy atom. The molecule has 2 atom stereocenters. The van der Waals surface area contributed by atoms with Gasteiger partial charge in [-0.1, -0.05) is 0 Å². The predicted molar refractivity (Wildman–Crippen MR) is 55.7 cm³/mol. The lowest BCUT2D eigenvalue weighted by Crippen LogP contribution is -2.38. The van der Waals surface area contributed by atoms with Gasteiger partial charge in [0.2, 0.25) is 0 Å². The molecule has 0 radical (unpaired) electrons. The molecule has 5 nitrogen and oxygen atoms in total. The molecule has 2 saturated heterocycles. The Bertz CT molecular complexity index is 267. The highest BCUT2D eigenvalue weighted by molar-refractivity contribution is 5.90. The lowest BCUT2D eigenvalue weighted by Gasteiger charge is -2.20. The molecule has 0 amide bonds. The zero-order chi connectivity index (χ0) is 11.4. The van der Waals surface area contributed by atoms with Crippen LogP contribution in [0.5, 0.6) is 0 Å². The maximum absolute atomic E-state index is 11.6. The molecule has 1 N–H and O–H groups in total. The van der Waals surface area contributed by atoms with Gasteiger partial charge in [0.05, 0.1) is 0 Å². The van der Waals surface area contributed by atoms with Gasteiger partial charge in [-0.25, -0.2) is 9.59 Å². The summed E-state index contributed by atoms with van der Waals surface area (Å²) in [5, 5.41) is 3.00. The summed E-state index contributed by atoms with van der Waals surface area (Å²) in [7, 11) is 0. The molecule has 0 bridgehead atoms. The number of esters is 2. The number of carbonyl (C=O) groups excluding carboxylic acids is 2. The summed E-state index contributed by atoms with van der Waals surface area (Å²) in [4.78, 5) is 23.1. The van der Waals surface area contributed by atoms with E-state index >= 15 is 0 Å². The molecule has 16 heavy (non-hydrogen) atoms. The van der Waals surface area contributed by atoms with Crippen molar-refractivity contribution < 1.29 is 19.1 Å². The maximum Gasteiger partial charge on any atom is 0.342 e. The summed E-state index contributed by atoms with van der Waals surface area (Å²) < 4.78 is 10.1. The molecule has 2 fully saturated rings. The van der Waals surface area contributed by atoms with E-state index in [-0.39, 0.29) is 6.04 Å². The van der Waals surface area contributed by atoms with Crippen molar-refractivity contribution >= 4 is 11.9 Å². The summed E-state index contributed by atoms with van der Waals surface area (Å²) in [6.07, 6.45) is 3.74. The predicted octanol–water partition coefficient (Wildman–Crippen LogP) is 0.377. The van der Waals surface area contributed by atoms with Crippen LogP contribution in [0.3, 0.4) is 0 Å². The molecule has 0 spiro atoms. The fraction of sp³-hybridized carbons (Fsp3) is 0.818. The minimum Gasteiger partial charge on any atom is -0.390 e. The maximum atomic E-state index is 11.6. The van der Waals surface area contributed by atoms with Crippen molar-refractivity contribution in [3.8, 4) is 0 Å². The van der Waals surface area contributed by atoms with Crippen molar-refractivity contribution in [3.63, 3.8) is 0 Å². The van der Waals surface area contributed by atoms with Crippen molar-refractivity contribution in [1.29, 1.82) is 0 Å².